The summed E-state index contributed by atoms with van der Waals surface area (Å²) in [5.41, 5.74) is 7.96. The minimum Gasteiger partial charge on any atom is -0.340 e. The van der Waals surface area contributed by atoms with Gasteiger partial charge < -0.3 is 4.57 Å². The van der Waals surface area contributed by atoms with E-state index in [2.05, 4.69) is 54.8 Å². The van der Waals surface area contributed by atoms with E-state index in [9.17, 15) is 0 Å². The highest BCUT2D eigenvalue weighted by atomic mass is 15.0. The number of rotatable bonds is 4. The second-order valence-corrected chi connectivity index (χ2v) is 7.20. The molecule has 5 rings (SSSR count). The van der Waals surface area contributed by atoms with Crippen molar-refractivity contribution in [2.75, 3.05) is 0 Å². The van der Waals surface area contributed by atoms with Crippen molar-refractivity contribution < 1.29 is 0 Å². The highest BCUT2D eigenvalue weighted by Crippen LogP contribution is 2.37. The summed E-state index contributed by atoms with van der Waals surface area (Å²) in [6, 6.07) is 19.1. The lowest BCUT2D eigenvalue weighted by molar-refractivity contribution is 0.783. The van der Waals surface area contributed by atoms with Gasteiger partial charge in [0.05, 0.1) is 27.6 Å². The Hall–Kier alpha value is -2.94. The van der Waals surface area contributed by atoms with Crippen molar-refractivity contribution in [3.05, 3.63) is 60.2 Å². The van der Waals surface area contributed by atoms with Crippen molar-refractivity contribution >= 4 is 43.9 Å². The zero-order valence-electron chi connectivity index (χ0n) is 15.9. The van der Waals surface area contributed by atoms with E-state index in [4.69, 9.17) is 9.97 Å². The molecule has 0 amide bonds. The molecule has 3 aromatic carbocycles. The minimum atomic E-state index is 0.954. The molecule has 3 heteroatoms. The second kappa shape index (κ2) is 6.34. The highest BCUT2D eigenvalue weighted by Gasteiger charge is 2.18. The molecule has 2 aromatic heterocycles. The van der Waals surface area contributed by atoms with Crippen LogP contribution < -0.4 is 0 Å². The van der Waals surface area contributed by atoms with Crippen molar-refractivity contribution in [1.82, 2.24) is 14.5 Å². The van der Waals surface area contributed by atoms with Crippen LogP contribution in [0.3, 0.4) is 0 Å². The van der Waals surface area contributed by atoms with Crippen molar-refractivity contribution in [2.45, 2.75) is 39.7 Å². The smallest absolute Gasteiger partial charge is 0.0994 e. The van der Waals surface area contributed by atoms with Gasteiger partial charge in [-0.1, -0.05) is 43.7 Å². The van der Waals surface area contributed by atoms with E-state index in [0.29, 0.717) is 0 Å². The Morgan fingerprint density at radius 1 is 0.852 bits per heavy atom. The van der Waals surface area contributed by atoms with Crippen LogP contribution in [0.1, 0.15) is 32.3 Å². The van der Waals surface area contributed by atoms with Gasteiger partial charge in [-0.15, -0.1) is 0 Å². The second-order valence-electron chi connectivity index (χ2n) is 7.20. The Balaban J connectivity index is 2.02. The first kappa shape index (κ1) is 16.2. The van der Waals surface area contributed by atoms with Gasteiger partial charge >= 0.3 is 0 Å². The molecular weight excluding hydrogens is 330 g/mol. The number of aromatic nitrogens is 3. The molecule has 2 heterocycles. The third kappa shape index (κ3) is 2.42. The molecular formula is C24H23N3. The molecule has 5 aromatic rings. The fraction of sp³-hybridized carbons (Fsp3) is 0.250. The molecule has 0 aliphatic heterocycles. The zero-order valence-corrected chi connectivity index (χ0v) is 15.9. The van der Waals surface area contributed by atoms with E-state index in [1.54, 1.807) is 0 Å². The van der Waals surface area contributed by atoms with Gasteiger partial charge in [0.15, 0.2) is 0 Å². The molecule has 0 N–H and O–H groups in total. The van der Waals surface area contributed by atoms with Crippen LogP contribution in [0.15, 0.2) is 54.6 Å². The predicted molar refractivity (Wildman–Crippen MR) is 114 cm³/mol. The predicted octanol–water partition coefficient (Wildman–Crippen LogP) is 6.25. The number of unbranched alkanes of at least 4 members (excludes halogenated alkanes) is 1. The fourth-order valence-electron chi connectivity index (χ4n) is 4.29. The van der Waals surface area contributed by atoms with E-state index in [1.165, 1.54) is 40.2 Å². The average molecular weight is 353 g/mol. The molecule has 0 radical (unpaired) electrons. The lowest BCUT2D eigenvalue weighted by Gasteiger charge is -2.11. The van der Waals surface area contributed by atoms with E-state index in [-0.39, 0.29) is 0 Å². The molecule has 0 aliphatic carbocycles. The first-order chi connectivity index (χ1) is 13.3. The summed E-state index contributed by atoms with van der Waals surface area (Å²) in [4.78, 5) is 10.0. The van der Waals surface area contributed by atoms with Crippen LogP contribution in [0, 0.1) is 0 Å². The standard InChI is InChI=1S/C24H23N3/c1-3-5-10-16-15-20-23(26-19-13-8-7-12-18(19)25-20)22-17-11-6-9-14-21(17)27(4-2)24(16)22/h6-9,11-15H,3-5,10H2,1-2H3. The lowest BCUT2D eigenvalue weighted by atomic mass is 10.0. The third-order valence-electron chi connectivity index (χ3n) is 5.54. The maximum atomic E-state index is 5.05. The van der Waals surface area contributed by atoms with Crippen LogP contribution in [-0.4, -0.2) is 14.5 Å². The topological polar surface area (TPSA) is 30.7 Å². The van der Waals surface area contributed by atoms with E-state index in [0.717, 1.165) is 35.0 Å². The number of benzene rings is 3. The molecule has 0 aliphatic rings. The average Bonchev–Trinajstić information content (AvgIpc) is 3.05. The van der Waals surface area contributed by atoms with Crippen LogP contribution in [0.4, 0.5) is 0 Å². The molecule has 3 nitrogen and oxygen atoms in total. The first-order valence-corrected chi connectivity index (χ1v) is 9.91. The minimum absolute atomic E-state index is 0.954. The van der Waals surface area contributed by atoms with Crippen molar-refractivity contribution in [1.29, 1.82) is 0 Å². The van der Waals surface area contributed by atoms with Crippen LogP contribution in [0.2, 0.25) is 0 Å². The Labute approximate surface area is 158 Å². The molecule has 0 spiro atoms. The largest absolute Gasteiger partial charge is 0.340 e. The quantitative estimate of drug-likeness (QED) is 0.357. The summed E-state index contributed by atoms with van der Waals surface area (Å²) in [5, 5.41) is 2.54. The van der Waals surface area contributed by atoms with Gasteiger partial charge in [-0.2, -0.15) is 0 Å². The summed E-state index contributed by atoms with van der Waals surface area (Å²) in [7, 11) is 0. The van der Waals surface area contributed by atoms with Crippen molar-refractivity contribution in [3.63, 3.8) is 0 Å². The first-order valence-electron chi connectivity index (χ1n) is 9.91. The van der Waals surface area contributed by atoms with Crippen LogP contribution >= 0.6 is 0 Å². The molecule has 27 heavy (non-hydrogen) atoms. The SMILES string of the molecule is CCCCc1cc2nc3ccccc3nc2c2c3ccccc3n(CC)c12. The summed E-state index contributed by atoms with van der Waals surface area (Å²) in [6.45, 7) is 5.43. The van der Waals surface area contributed by atoms with Crippen LogP contribution in [0.5, 0.6) is 0 Å². The number of nitrogens with zero attached hydrogens (tertiary/aromatic N) is 3. The summed E-state index contributed by atoms with van der Waals surface area (Å²) in [6.07, 6.45) is 3.45. The van der Waals surface area contributed by atoms with E-state index >= 15 is 0 Å². The zero-order chi connectivity index (χ0) is 18.4. The van der Waals surface area contributed by atoms with Gasteiger partial charge in [0.1, 0.15) is 0 Å². The van der Waals surface area contributed by atoms with E-state index in [1.807, 2.05) is 18.2 Å². The number of para-hydroxylation sites is 3. The molecule has 0 unspecified atom stereocenters. The van der Waals surface area contributed by atoms with Crippen LogP contribution in [-0.2, 0) is 13.0 Å². The molecule has 0 bridgehead atoms. The molecule has 134 valence electrons. The normalized spacial score (nSPS) is 11.9. The van der Waals surface area contributed by atoms with Gasteiger partial charge in [-0.05, 0) is 49.6 Å². The number of fused-ring (bicyclic) bond motifs is 6. The Kier molecular flexibility index (Phi) is 3.82. The monoisotopic (exact) mass is 353 g/mol. The summed E-state index contributed by atoms with van der Waals surface area (Å²) in [5.74, 6) is 0. The lowest BCUT2D eigenvalue weighted by Crippen LogP contribution is -1.99. The maximum absolute atomic E-state index is 5.05. The fourth-order valence-corrected chi connectivity index (χ4v) is 4.29. The molecule has 0 saturated heterocycles. The number of hydrogen-bond acceptors (Lipinski definition) is 2. The van der Waals surface area contributed by atoms with E-state index < -0.39 is 0 Å². The summed E-state index contributed by atoms with van der Waals surface area (Å²) < 4.78 is 2.45. The number of hydrogen-bond donors (Lipinski definition) is 0. The maximum Gasteiger partial charge on any atom is 0.0994 e. The van der Waals surface area contributed by atoms with Crippen molar-refractivity contribution in [3.8, 4) is 0 Å². The Bertz CT molecular complexity index is 1300. The molecule has 0 fully saturated rings. The molecule has 0 atom stereocenters. The highest BCUT2D eigenvalue weighted by molar-refractivity contribution is 6.20. The van der Waals surface area contributed by atoms with Gasteiger partial charge in [0.25, 0.3) is 0 Å². The van der Waals surface area contributed by atoms with Gasteiger partial charge in [0.2, 0.25) is 0 Å². The van der Waals surface area contributed by atoms with Gasteiger partial charge in [0, 0.05) is 22.8 Å². The van der Waals surface area contributed by atoms with Crippen molar-refractivity contribution in [2.24, 2.45) is 0 Å². The molecule has 0 saturated carbocycles. The summed E-state index contributed by atoms with van der Waals surface area (Å²) >= 11 is 0. The van der Waals surface area contributed by atoms with Gasteiger partial charge in [-0.3, -0.25) is 0 Å². The Morgan fingerprint density at radius 2 is 1.59 bits per heavy atom. The van der Waals surface area contributed by atoms with Gasteiger partial charge in [-0.25, -0.2) is 9.97 Å². The Morgan fingerprint density at radius 3 is 2.37 bits per heavy atom. The van der Waals surface area contributed by atoms with Crippen LogP contribution in [0.25, 0.3) is 43.9 Å². The third-order valence-corrected chi connectivity index (χ3v) is 5.54. The number of aryl methyl sites for hydroxylation is 2.